The molecule has 86 valence electrons. The molecule has 6 heteroatoms. The monoisotopic (exact) mass is 250 g/mol. The quantitative estimate of drug-likeness (QED) is 0.816. The SMILES string of the molecule is O=C(O)/C=C/c1cc(Cl)cc(C(F)(F)F)c1. The standard InChI is InChI=1S/C10H6ClF3O2/c11-8-4-6(1-2-9(15)16)3-7(5-8)10(12,13)14/h1-5H,(H,15,16)/b2-1+. The van der Waals surface area contributed by atoms with Gasteiger partial charge < -0.3 is 5.11 Å². The Morgan fingerprint density at radius 3 is 2.44 bits per heavy atom. The van der Waals surface area contributed by atoms with Gasteiger partial charge in [-0.05, 0) is 29.8 Å². The van der Waals surface area contributed by atoms with Gasteiger partial charge in [-0.15, -0.1) is 0 Å². The zero-order valence-corrected chi connectivity index (χ0v) is 8.51. The van der Waals surface area contributed by atoms with Gasteiger partial charge in [0.2, 0.25) is 0 Å². The van der Waals surface area contributed by atoms with Gasteiger partial charge in [-0.3, -0.25) is 0 Å². The van der Waals surface area contributed by atoms with Crippen LogP contribution in [0.1, 0.15) is 11.1 Å². The third-order valence-electron chi connectivity index (χ3n) is 1.67. The Morgan fingerprint density at radius 2 is 1.94 bits per heavy atom. The van der Waals surface area contributed by atoms with E-state index in [2.05, 4.69) is 0 Å². The highest BCUT2D eigenvalue weighted by atomic mass is 35.5. The van der Waals surface area contributed by atoms with Crippen molar-refractivity contribution >= 4 is 23.6 Å². The number of halogens is 4. The van der Waals surface area contributed by atoms with E-state index in [4.69, 9.17) is 16.7 Å². The van der Waals surface area contributed by atoms with E-state index in [0.717, 1.165) is 24.3 Å². The van der Waals surface area contributed by atoms with Crippen molar-refractivity contribution in [1.82, 2.24) is 0 Å². The Kier molecular flexibility index (Phi) is 3.59. The highest BCUT2D eigenvalue weighted by molar-refractivity contribution is 6.30. The number of aliphatic carboxylic acids is 1. The molecular formula is C10H6ClF3O2. The zero-order valence-electron chi connectivity index (χ0n) is 7.75. The van der Waals surface area contributed by atoms with Gasteiger partial charge in [0.1, 0.15) is 0 Å². The highest BCUT2D eigenvalue weighted by Gasteiger charge is 2.30. The summed E-state index contributed by atoms with van der Waals surface area (Å²) in [6.07, 6.45) is -2.72. The van der Waals surface area contributed by atoms with Gasteiger partial charge in [0.05, 0.1) is 5.56 Å². The first-order chi connectivity index (χ1) is 7.29. The van der Waals surface area contributed by atoms with Crippen LogP contribution >= 0.6 is 11.6 Å². The lowest BCUT2D eigenvalue weighted by atomic mass is 10.1. The Bertz CT molecular complexity index is 438. The Labute approximate surface area is 94.0 Å². The second-order valence-corrected chi connectivity index (χ2v) is 3.38. The van der Waals surface area contributed by atoms with Gasteiger partial charge >= 0.3 is 12.1 Å². The Balaban J connectivity index is 3.13. The predicted octanol–water partition coefficient (Wildman–Crippen LogP) is 3.46. The lowest BCUT2D eigenvalue weighted by Gasteiger charge is -2.07. The van der Waals surface area contributed by atoms with E-state index in [9.17, 15) is 18.0 Å². The minimum Gasteiger partial charge on any atom is -0.478 e. The third-order valence-corrected chi connectivity index (χ3v) is 1.88. The smallest absolute Gasteiger partial charge is 0.416 e. The van der Waals surface area contributed by atoms with E-state index in [-0.39, 0.29) is 10.6 Å². The first-order valence-corrected chi connectivity index (χ1v) is 4.45. The number of hydrogen-bond donors (Lipinski definition) is 1. The van der Waals surface area contributed by atoms with Crippen LogP contribution in [0.5, 0.6) is 0 Å². The summed E-state index contributed by atoms with van der Waals surface area (Å²) in [7, 11) is 0. The number of alkyl halides is 3. The second-order valence-electron chi connectivity index (χ2n) is 2.94. The van der Waals surface area contributed by atoms with Gasteiger partial charge in [0.25, 0.3) is 0 Å². The maximum Gasteiger partial charge on any atom is 0.416 e. The van der Waals surface area contributed by atoms with E-state index in [0.29, 0.717) is 0 Å². The summed E-state index contributed by atoms with van der Waals surface area (Å²) in [6, 6.07) is 2.85. The highest BCUT2D eigenvalue weighted by Crippen LogP contribution is 2.32. The van der Waals surface area contributed by atoms with Crippen LogP contribution < -0.4 is 0 Å². The second kappa shape index (κ2) is 4.57. The molecule has 0 bridgehead atoms. The first kappa shape index (κ1) is 12.6. The fraction of sp³-hybridized carbons (Fsp3) is 0.100. The summed E-state index contributed by atoms with van der Waals surface area (Å²) in [4.78, 5) is 10.2. The zero-order chi connectivity index (χ0) is 12.3. The fourth-order valence-electron chi connectivity index (χ4n) is 1.04. The molecule has 0 heterocycles. The molecule has 0 amide bonds. The molecule has 0 atom stereocenters. The molecule has 16 heavy (non-hydrogen) atoms. The van der Waals surface area contributed by atoms with Crippen molar-refractivity contribution in [3.05, 3.63) is 40.4 Å². The largest absolute Gasteiger partial charge is 0.478 e. The average molecular weight is 251 g/mol. The number of carboxylic acids is 1. The number of rotatable bonds is 2. The third kappa shape index (κ3) is 3.58. The van der Waals surface area contributed by atoms with Gasteiger partial charge in [-0.2, -0.15) is 13.2 Å². The number of carbonyl (C=O) groups is 1. The number of hydrogen-bond acceptors (Lipinski definition) is 1. The molecule has 0 aliphatic rings. The summed E-state index contributed by atoms with van der Waals surface area (Å²) >= 11 is 5.49. The van der Waals surface area contributed by atoms with Crippen molar-refractivity contribution in [3.63, 3.8) is 0 Å². The summed E-state index contributed by atoms with van der Waals surface area (Å²) in [5.74, 6) is -1.24. The summed E-state index contributed by atoms with van der Waals surface area (Å²) in [6.45, 7) is 0. The Hall–Kier alpha value is -1.49. The van der Waals surface area contributed by atoms with Crippen LogP contribution in [-0.4, -0.2) is 11.1 Å². The van der Waals surface area contributed by atoms with Crippen molar-refractivity contribution < 1.29 is 23.1 Å². The van der Waals surface area contributed by atoms with Crippen molar-refractivity contribution in [1.29, 1.82) is 0 Å². The van der Waals surface area contributed by atoms with Crippen molar-refractivity contribution in [2.75, 3.05) is 0 Å². The van der Waals surface area contributed by atoms with Crippen LogP contribution in [0, 0.1) is 0 Å². The molecular weight excluding hydrogens is 245 g/mol. The molecule has 0 aromatic heterocycles. The van der Waals surface area contributed by atoms with Crippen LogP contribution in [-0.2, 0) is 11.0 Å². The van der Waals surface area contributed by atoms with Gasteiger partial charge in [-0.1, -0.05) is 11.6 Å². The molecule has 0 spiro atoms. The molecule has 0 saturated heterocycles. The van der Waals surface area contributed by atoms with Gasteiger partial charge in [-0.25, -0.2) is 4.79 Å². The minimum atomic E-state index is -4.50. The topological polar surface area (TPSA) is 37.3 Å². The van der Waals surface area contributed by atoms with Crippen molar-refractivity contribution in [2.45, 2.75) is 6.18 Å². The summed E-state index contributed by atoms with van der Waals surface area (Å²) in [5.41, 5.74) is -0.827. The molecule has 0 fully saturated rings. The average Bonchev–Trinajstić information content (AvgIpc) is 2.12. The van der Waals surface area contributed by atoms with Crippen LogP contribution in [0.25, 0.3) is 6.08 Å². The van der Waals surface area contributed by atoms with Gasteiger partial charge in [0.15, 0.2) is 0 Å². The normalized spacial score (nSPS) is 12.0. The van der Waals surface area contributed by atoms with E-state index in [1.165, 1.54) is 6.07 Å². The van der Waals surface area contributed by atoms with Crippen LogP contribution in [0.4, 0.5) is 13.2 Å². The van der Waals surface area contributed by atoms with E-state index >= 15 is 0 Å². The molecule has 0 aliphatic carbocycles. The van der Waals surface area contributed by atoms with E-state index < -0.39 is 17.7 Å². The van der Waals surface area contributed by atoms with Crippen molar-refractivity contribution in [3.8, 4) is 0 Å². The van der Waals surface area contributed by atoms with Crippen LogP contribution in [0.2, 0.25) is 5.02 Å². The maximum absolute atomic E-state index is 12.3. The molecule has 0 radical (unpaired) electrons. The lowest BCUT2D eigenvalue weighted by molar-refractivity contribution is -0.137. The molecule has 2 nitrogen and oxygen atoms in total. The fourth-order valence-corrected chi connectivity index (χ4v) is 1.28. The summed E-state index contributed by atoms with van der Waals surface area (Å²) < 4.78 is 37.0. The minimum absolute atomic E-state index is 0.0854. The van der Waals surface area contributed by atoms with E-state index in [1.54, 1.807) is 0 Å². The van der Waals surface area contributed by atoms with Gasteiger partial charge in [0, 0.05) is 11.1 Å². The maximum atomic E-state index is 12.3. The van der Waals surface area contributed by atoms with Crippen LogP contribution in [0.15, 0.2) is 24.3 Å². The molecule has 1 N–H and O–H groups in total. The molecule has 1 aromatic rings. The lowest BCUT2D eigenvalue weighted by Crippen LogP contribution is -2.04. The van der Waals surface area contributed by atoms with E-state index in [1.807, 2.05) is 0 Å². The number of carboxylic acid groups (broad SMARTS) is 1. The first-order valence-electron chi connectivity index (χ1n) is 4.08. The molecule has 1 rings (SSSR count). The predicted molar refractivity (Wildman–Crippen MR) is 53.1 cm³/mol. The summed E-state index contributed by atoms with van der Waals surface area (Å²) in [5, 5.41) is 8.23. The molecule has 0 aliphatic heterocycles. The number of benzene rings is 1. The van der Waals surface area contributed by atoms with Crippen LogP contribution in [0.3, 0.4) is 0 Å². The Morgan fingerprint density at radius 1 is 1.31 bits per heavy atom. The molecule has 1 aromatic carbocycles. The molecule has 0 unspecified atom stereocenters. The van der Waals surface area contributed by atoms with Crippen molar-refractivity contribution in [2.24, 2.45) is 0 Å². The molecule has 0 saturated carbocycles.